The molecule has 4 saturated heterocycles. The van der Waals surface area contributed by atoms with Gasteiger partial charge < -0.3 is 24.6 Å². The van der Waals surface area contributed by atoms with E-state index in [2.05, 4.69) is 51.5 Å². The van der Waals surface area contributed by atoms with E-state index in [9.17, 15) is 4.79 Å². The van der Waals surface area contributed by atoms with E-state index >= 15 is 0 Å². The fraction of sp³-hybridized carbons (Fsp3) is 0.529. The second kappa shape index (κ2) is 10.8. The predicted octanol–water partition coefficient (Wildman–Crippen LogP) is 4.36. The standard InChI is InChI=1S/C34H41N5O3/c40-33-30-6-5-28(19-26(30)22-38(33)27-2-1-13-35-20-27)42-29-9-14-37(23-29)21-24-3-7-31-25(18-24)4-8-32(36-31)39-15-10-34(39)11-16-41-17-12-34/h3-8,18-19,27,29,35H,1-2,9-17,20-23H2/t27?,29-/m0/s1. The monoisotopic (exact) mass is 567 g/mol. The Morgan fingerprint density at radius 3 is 2.79 bits per heavy atom. The molecule has 0 saturated carbocycles. The summed E-state index contributed by atoms with van der Waals surface area (Å²) in [6.45, 7) is 8.30. The lowest BCUT2D eigenvalue weighted by molar-refractivity contribution is 0.0285. The number of rotatable bonds is 6. The van der Waals surface area contributed by atoms with E-state index in [1.165, 1.54) is 17.4 Å². The van der Waals surface area contributed by atoms with E-state index in [1.807, 2.05) is 17.0 Å². The SMILES string of the molecule is O=C1c2ccc(O[C@H]3CCN(Cc4ccc5nc(N6CCC67CCOCC7)ccc5c4)C3)cc2CN1C1CCCNC1. The number of carbonyl (C=O) groups is 1. The fourth-order valence-electron chi connectivity index (χ4n) is 7.86. The molecule has 1 amide bonds. The van der Waals surface area contributed by atoms with Gasteiger partial charge in [0, 0.05) is 75.0 Å². The van der Waals surface area contributed by atoms with Crippen LogP contribution in [-0.2, 0) is 17.8 Å². The molecule has 1 N–H and O–H groups in total. The minimum absolute atomic E-state index is 0.164. The molecule has 8 nitrogen and oxygen atoms in total. The van der Waals surface area contributed by atoms with Gasteiger partial charge in [0.1, 0.15) is 17.7 Å². The molecular formula is C34H41N5O3. The van der Waals surface area contributed by atoms with Gasteiger partial charge in [-0.3, -0.25) is 9.69 Å². The average molecular weight is 568 g/mol. The molecule has 5 aliphatic rings. The molecule has 2 aromatic carbocycles. The number of amides is 1. The Morgan fingerprint density at radius 1 is 1.02 bits per heavy atom. The van der Waals surface area contributed by atoms with Crippen molar-refractivity contribution < 1.29 is 14.3 Å². The normalized spacial score (nSPS) is 25.7. The number of ether oxygens (including phenoxy) is 2. The van der Waals surface area contributed by atoms with Gasteiger partial charge >= 0.3 is 0 Å². The molecule has 42 heavy (non-hydrogen) atoms. The highest BCUT2D eigenvalue weighted by atomic mass is 16.5. The first-order chi connectivity index (χ1) is 20.6. The van der Waals surface area contributed by atoms with Crippen molar-refractivity contribution in [2.24, 2.45) is 0 Å². The van der Waals surface area contributed by atoms with Crippen LogP contribution in [0.5, 0.6) is 5.75 Å². The second-order valence-electron chi connectivity index (χ2n) is 13.0. The van der Waals surface area contributed by atoms with Crippen LogP contribution in [-0.4, -0.2) is 84.3 Å². The van der Waals surface area contributed by atoms with Crippen LogP contribution in [0.3, 0.4) is 0 Å². The summed E-state index contributed by atoms with van der Waals surface area (Å²) in [5.41, 5.74) is 4.59. The molecule has 8 rings (SSSR count). The Hall–Kier alpha value is -3.20. The molecule has 0 aliphatic carbocycles. The summed E-state index contributed by atoms with van der Waals surface area (Å²) in [5, 5.41) is 4.64. The highest BCUT2D eigenvalue weighted by molar-refractivity contribution is 5.98. The number of nitrogens with one attached hydrogen (secondary N) is 1. The predicted molar refractivity (Wildman–Crippen MR) is 163 cm³/mol. The van der Waals surface area contributed by atoms with Crippen LogP contribution in [0, 0.1) is 0 Å². The Labute approximate surface area is 248 Å². The maximum absolute atomic E-state index is 13.0. The van der Waals surface area contributed by atoms with E-state index < -0.39 is 0 Å². The zero-order valence-corrected chi connectivity index (χ0v) is 24.4. The maximum atomic E-state index is 13.0. The highest BCUT2D eigenvalue weighted by Crippen LogP contribution is 2.42. The summed E-state index contributed by atoms with van der Waals surface area (Å²) in [6, 6.07) is 17.5. The molecule has 220 valence electrons. The number of carbonyl (C=O) groups excluding carboxylic acids is 1. The summed E-state index contributed by atoms with van der Waals surface area (Å²) in [4.78, 5) is 25.1. The number of likely N-dealkylation sites (tertiary alicyclic amines) is 1. The maximum Gasteiger partial charge on any atom is 0.254 e. The van der Waals surface area contributed by atoms with Crippen LogP contribution in [0.1, 0.15) is 60.0 Å². The van der Waals surface area contributed by atoms with Crippen LogP contribution in [0.2, 0.25) is 0 Å². The van der Waals surface area contributed by atoms with E-state index in [0.29, 0.717) is 12.6 Å². The summed E-state index contributed by atoms with van der Waals surface area (Å²) in [6.07, 6.45) is 6.85. The Morgan fingerprint density at radius 2 is 1.95 bits per heavy atom. The van der Waals surface area contributed by atoms with Gasteiger partial charge in [-0.15, -0.1) is 0 Å². The highest BCUT2D eigenvalue weighted by Gasteiger charge is 2.46. The molecular weight excluding hydrogens is 526 g/mol. The Bertz CT molecular complexity index is 1480. The first-order valence-corrected chi connectivity index (χ1v) is 15.9. The Kier molecular flexibility index (Phi) is 6.81. The third-order valence-electron chi connectivity index (χ3n) is 10.4. The number of piperidine rings is 1. The first-order valence-electron chi connectivity index (χ1n) is 15.9. The van der Waals surface area contributed by atoms with E-state index in [1.54, 1.807) is 0 Å². The summed E-state index contributed by atoms with van der Waals surface area (Å²) in [5.74, 6) is 2.16. The molecule has 4 fully saturated rings. The zero-order valence-electron chi connectivity index (χ0n) is 24.4. The number of pyridine rings is 1. The largest absolute Gasteiger partial charge is 0.489 e. The smallest absolute Gasteiger partial charge is 0.254 e. The van der Waals surface area contributed by atoms with Crippen LogP contribution in [0.4, 0.5) is 5.82 Å². The molecule has 1 spiro atoms. The molecule has 8 heteroatoms. The van der Waals surface area contributed by atoms with E-state index in [0.717, 1.165) is 113 Å². The van der Waals surface area contributed by atoms with Crippen molar-refractivity contribution >= 4 is 22.6 Å². The fourth-order valence-corrected chi connectivity index (χ4v) is 7.86. The Balaban J connectivity index is 0.884. The van der Waals surface area contributed by atoms with Gasteiger partial charge in [-0.05, 0) is 98.7 Å². The van der Waals surface area contributed by atoms with E-state index in [4.69, 9.17) is 14.5 Å². The third-order valence-corrected chi connectivity index (χ3v) is 10.4. The molecule has 5 aliphatic heterocycles. The molecule has 2 atom stereocenters. The van der Waals surface area contributed by atoms with Crippen molar-refractivity contribution in [1.82, 2.24) is 20.1 Å². The number of nitrogens with zero attached hydrogens (tertiary/aromatic N) is 4. The van der Waals surface area contributed by atoms with Gasteiger partial charge in [-0.25, -0.2) is 4.98 Å². The summed E-state index contributed by atoms with van der Waals surface area (Å²) in [7, 11) is 0. The van der Waals surface area contributed by atoms with Gasteiger partial charge in [0.05, 0.1) is 5.52 Å². The van der Waals surface area contributed by atoms with Crippen molar-refractivity contribution in [3.8, 4) is 5.75 Å². The molecule has 0 radical (unpaired) electrons. The average Bonchev–Trinajstić information content (AvgIpc) is 3.60. The van der Waals surface area contributed by atoms with Crippen LogP contribution < -0.4 is 15.0 Å². The first kappa shape index (κ1) is 26.4. The number of hydrogen-bond donors (Lipinski definition) is 1. The zero-order chi connectivity index (χ0) is 28.1. The minimum Gasteiger partial charge on any atom is -0.489 e. The van der Waals surface area contributed by atoms with Crippen LogP contribution >= 0.6 is 0 Å². The second-order valence-corrected chi connectivity index (χ2v) is 13.0. The minimum atomic E-state index is 0.164. The van der Waals surface area contributed by atoms with Crippen LogP contribution in [0.25, 0.3) is 10.9 Å². The number of aromatic nitrogens is 1. The number of hydrogen-bond acceptors (Lipinski definition) is 7. The third kappa shape index (κ3) is 4.83. The molecule has 1 aromatic heterocycles. The molecule has 0 bridgehead atoms. The van der Waals surface area contributed by atoms with Crippen molar-refractivity contribution in [3.63, 3.8) is 0 Å². The summed E-state index contributed by atoms with van der Waals surface area (Å²) < 4.78 is 12.1. The van der Waals surface area contributed by atoms with E-state index in [-0.39, 0.29) is 17.6 Å². The number of anilines is 1. The van der Waals surface area contributed by atoms with Gasteiger partial charge in [0.25, 0.3) is 5.91 Å². The van der Waals surface area contributed by atoms with Crippen LogP contribution in [0.15, 0.2) is 48.5 Å². The lowest BCUT2D eigenvalue weighted by Gasteiger charge is -2.55. The van der Waals surface area contributed by atoms with Gasteiger partial charge in [-0.2, -0.15) is 0 Å². The molecule has 3 aromatic rings. The summed E-state index contributed by atoms with van der Waals surface area (Å²) >= 11 is 0. The lowest BCUT2D eigenvalue weighted by atomic mass is 9.78. The molecule has 6 heterocycles. The lowest BCUT2D eigenvalue weighted by Crippen LogP contribution is -2.62. The van der Waals surface area contributed by atoms with Crippen molar-refractivity contribution in [2.75, 3.05) is 50.8 Å². The number of fused-ring (bicyclic) bond motifs is 2. The van der Waals surface area contributed by atoms with Crippen molar-refractivity contribution in [3.05, 3.63) is 65.2 Å². The van der Waals surface area contributed by atoms with Gasteiger partial charge in [0.15, 0.2) is 0 Å². The van der Waals surface area contributed by atoms with Gasteiger partial charge in [0.2, 0.25) is 0 Å². The van der Waals surface area contributed by atoms with Crippen molar-refractivity contribution in [1.29, 1.82) is 0 Å². The number of benzene rings is 2. The van der Waals surface area contributed by atoms with Gasteiger partial charge in [-0.1, -0.05) is 6.07 Å². The quantitative estimate of drug-likeness (QED) is 0.475. The molecule has 1 unspecified atom stereocenters. The van der Waals surface area contributed by atoms with Crippen molar-refractivity contribution in [2.45, 2.75) is 69.3 Å². The topological polar surface area (TPSA) is 70.2 Å².